The van der Waals surface area contributed by atoms with Crippen LogP contribution in [0.4, 0.5) is 0 Å². The average Bonchev–Trinajstić information content (AvgIpc) is 3.17. The number of hydrogen-bond acceptors (Lipinski definition) is 5. The van der Waals surface area contributed by atoms with E-state index in [9.17, 15) is 9.90 Å². The van der Waals surface area contributed by atoms with Crippen molar-refractivity contribution in [3.8, 4) is 0 Å². The molecular formula is C30H46ClNO4. The second-order valence-electron chi connectivity index (χ2n) is 10.3. The lowest BCUT2D eigenvalue weighted by Gasteiger charge is -2.26. The minimum absolute atomic E-state index is 0.0233. The van der Waals surface area contributed by atoms with Crippen molar-refractivity contribution in [3.05, 3.63) is 47.5 Å². The molecule has 1 aliphatic heterocycles. The Morgan fingerprint density at radius 3 is 2.67 bits per heavy atom. The van der Waals surface area contributed by atoms with Crippen LogP contribution in [0.5, 0.6) is 0 Å². The van der Waals surface area contributed by atoms with E-state index >= 15 is 0 Å². The third-order valence-electron chi connectivity index (χ3n) is 7.59. The Bertz CT molecular complexity index is 778. The Kier molecular flexibility index (Phi) is 13.3. The van der Waals surface area contributed by atoms with Gasteiger partial charge in [-0.1, -0.05) is 62.6 Å². The van der Waals surface area contributed by atoms with Crippen LogP contribution in [0.2, 0.25) is 0 Å². The second-order valence-corrected chi connectivity index (χ2v) is 10.9. The number of halogens is 1. The van der Waals surface area contributed by atoms with Crippen LogP contribution in [-0.4, -0.2) is 66.9 Å². The number of alkyl halides is 1. The first-order chi connectivity index (χ1) is 17.6. The lowest BCUT2D eigenvalue weighted by Crippen LogP contribution is -2.38. The van der Waals surface area contributed by atoms with Crippen LogP contribution in [0.1, 0.15) is 81.8 Å². The quantitative estimate of drug-likeness (QED) is 0.136. The number of aryl methyl sites for hydroxylation is 1. The van der Waals surface area contributed by atoms with Crippen LogP contribution in [0.3, 0.4) is 0 Å². The molecule has 2 aliphatic rings. The van der Waals surface area contributed by atoms with Crippen LogP contribution in [-0.2, 0) is 20.7 Å². The number of aliphatic hydroxyl groups is 1. The minimum atomic E-state index is -0.395. The Labute approximate surface area is 223 Å². The molecule has 0 radical (unpaired) electrons. The van der Waals surface area contributed by atoms with Crippen LogP contribution >= 0.6 is 11.6 Å². The zero-order valence-corrected chi connectivity index (χ0v) is 22.8. The average molecular weight is 520 g/mol. The second kappa shape index (κ2) is 16.4. The van der Waals surface area contributed by atoms with Crippen molar-refractivity contribution in [3.63, 3.8) is 0 Å². The van der Waals surface area contributed by atoms with Crippen LogP contribution in [0.25, 0.3) is 0 Å². The first-order valence-electron chi connectivity index (χ1n) is 14.1. The van der Waals surface area contributed by atoms with Crippen molar-refractivity contribution in [1.82, 2.24) is 4.90 Å². The number of nitrogens with zero attached hydrogens (tertiary/aromatic N) is 1. The van der Waals surface area contributed by atoms with Gasteiger partial charge in [0.1, 0.15) is 6.61 Å². The zero-order valence-electron chi connectivity index (χ0n) is 22.1. The van der Waals surface area contributed by atoms with Crippen molar-refractivity contribution < 1.29 is 19.4 Å². The summed E-state index contributed by atoms with van der Waals surface area (Å²) in [5.41, 5.74) is 2.57. The fraction of sp³-hybridized carbons (Fsp3) is 0.700. The van der Waals surface area contributed by atoms with Crippen LogP contribution < -0.4 is 0 Å². The minimum Gasteiger partial charge on any atom is -0.464 e. The molecule has 6 heteroatoms. The largest absolute Gasteiger partial charge is 0.464 e. The molecule has 36 heavy (non-hydrogen) atoms. The Balaban J connectivity index is 1.36. The van der Waals surface area contributed by atoms with Gasteiger partial charge in [-0.05, 0) is 55.6 Å². The molecule has 3 rings (SSSR count). The van der Waals surface area contributed by atoms with E-state index in [4.69, 9.17) is 21.1 Å². The van der Waals surface area contributed by atoms with E-state index in [1.807, 2.05) is 0 Å². The normalized spacial score (nSPS) is 25.0. The third kappa shape index (κ3) is 9.81. The fourth-order valence-electron chi connectivity index (χ4n) is 5.41. The van der Waals surface area contributed by atoms with E-state index in [0.717, 1.165) is 58.5 Å². The number of carbonyl (C=O) groups excluding carboxylic acids is 1. The molecule has 1 heterocycles. The van der Waals surface area contributed by atoms with Crippen LogP contribution in [0, 0.1) is 5.92 Å². The van der Waals surface area contributed by atoms with Gasteiger partial charge in [0.2, 0.25) is 0 Å². The maximum atomic E-state index is 12.0. The van der Waals surface area contributed by atoms with Gasteiger partial charge in [-0.15, -0.1) is 11.6 Å². The number of morpholine rings is 1. The number of esters is 1. The summed E-state index contributed by atoms with van der Waals surface area (Å²) in [7, 11) is 0. The van der Waals surface area contributed by atoms with Gasteiger partial charge in [0, 0.05) is 37.4 Å². The van der Waals surface area contributed by atoms with E-state index in [1.165, 1.54) is 36.8 Å². The molecular weight excluding hydrogens is 474 g/mol. The van der Waals surface area contributed by atoms with Crippen molar-refractivity contribution in [1.29, 1.82) is 0 Å². The van der Waals surface area contributed by atoms with E-state index in [0.29, 0.717) is 19.4 Å². The summed E-state index contributed by atoms with van der Waals surface area (Å²) in [6.45, 7) is 6.82. The van der Waals surface area contributed by atoms with Crippen molar-refractivity contribution >= 4 is 17.6 Å². The maximum absolute atomic E-state index is 12.0. The molecule has 1 aromatic carbocycles. The van der Waals surface area contributed by atoms with Crippen LogP contribution in [0.15, 0.2) is 36.4 Å². The third-order valence-corrected chi connectivity index (χ3v) is 8.09. The lowest BCUT2D eigenvalue weighted by molar-refractivity contribution is -0.144. The molecule has 0 spiro atoms. The summed E-state index contributed by atoms with van der Waals surface area (Å²) < 4.78 is 10.7. The van der Waals surface area contributed by atoms with E-state index in [2.05, 4.69) is 48.2 Å². The molecule has 1 saturated carbocycles. The van der Waals surface area contributed by atoms with Crippen molar-refractivity contribution in [2.45, 2.75) is 88.5 Å². The van der Waals surface area contributed by atoms with Crippen molar-refractivity contribution in [2.24, 2.45) is 5.92 Å². The van der Waals surface area contributed by atoms with Gasteiger partial charge in [-0.2, -0.15) is 0 Å². The van der Waals surface area contributed by atoms with Gasteiger partial charge >= 0.3 is 5.97 Å². The van der Waals surface area contributed by atoms with Gasteiger partial charge in [0.05, 0.1) is 19.3 Å². The molecule has 0 aromatic heterocycles. The number of benzene rings is 1. The summed E-state index contributed by atoms with van der Waals surface area (Å²) in [6, 6.07) is 8.84. The lowest BCUT2D eigenvalue weighted by atomic mass is 9.85. The predicted octanol–water partition coefficient (Wildman–Crippen LogP) is 5.87. The van der Waals surface area contributed by atoms with Crippen molar-refractivity contribution in [2.75, 3.05) is 39.5 Å². The Morgan fingerprint density at radius 1 is 1.14 bits per heavy atom. The predicted molar refractivity (Wildman–Crippen MR) is 147 cm³/mol. The van der Waals surface area contributed by atoms with Gasteiger partial charge in [0.15, 0.2) is 0 Å². The summed E-state index contributed by atoms with van der Waals surface area (Å²) in [5, 5.41) is 10.7. The molecule has 5 nitrogen and oxygen atoms in total. The number of carbonyl (C=O) groups is 1. The summed E-state index contributed by atoms with van der Waals surface area (Å²) >= 11 is 6.67. The summed E-state index contributed by atoms with van der Waals surface area (Å²) in [4.78, 5) is 14.2. The fourth-order valence-corrected chi connectivity index (χ4v) is 5.85. The number of rotatable bonds is 15. The summed E-state index contributed by atoms with van der Waals surface area (Å²) in [5.74, 6) is 0.177. The standard InChI is InChI=1S/C30H46ClNO4/c1-2-3-4-7-10-24-13-15-25(16-14-24)30-26(27(31)23-28(30)33)11-8-5-6-9-12-29(34)36-22-19-32-17-20-35-21-18-32/h5,8,13-16,26-28,30,33H,2-4,6-7,9-12,17-23H2,1H3/t26-,27+,28+,30+/m0/s1. The number of unbranched alkanes of at least 4 members (excludes halogenated alkanes) is 4. The molecule has 1 aromatic rings. The Hall–Kier alpha value is -1.40. The van der Waals surface area contributed by atoms with Gasteiger partial charge in [-0.3, -0.25) is 9.69 Å². The SMILES string of the molecule is CCCCCCc1ccc([C@@H]2[C@@H](CC=CCCCC(=O)OCCN3CCOCC3)[C@H](Cl)C[C@H]2O)cc1. The molecule has 1 aliphatic carbocycles. The van der Waals surface area contributed by atoms with Gasteiger partial charge in [-0.25, -0.2) is 0 Å². The Morgan fingerprint density at radius 2 is 1.92 bits per heavy atom. The smallest absolute Gasteiger partial charge is 0.305 e. The first-order valence-corrected chi connectivity index (χ1v) is 14.5. The molecule has 1 saturated heterocycles. The molecule has 1 N–H and O–H groups in total. The molecule has 0 bridgehead atoms. The maximum Gasteiger partial charge on any atom is 0.305 e. The molecule has 0 amide bonds. The number of aliphatic hydroxyl groups excluding tert-OH is 1. The van der Waals surface area contributed by atoms with E-state index < -0.39 is 6.10 Å². The molecule has 2 fully saturated rings. The number of ether oxygens (including phenoxy) is 2. The van der Waals surface area contributed by atoms with Gasteiger partial charge < -0.3 is 14.6 Å². The molecule has 202 valence electrons. The number of allylic oxidation sites excluding steroid dienone is 2. The topological polar surface area (TPSA) is 59.0 Å². The highest BCUT2D eigenvalue weighted by Gasteiger charge is 2.41. The zero-order chi connectivity index (χ0) is 25.6. The van der Waals surface area contributed by atoms with E-state index in [1.54, 1.807) is 0 Å². The first kappa shape index (κ1) is 29.2. The molecule has 4 atom stereocenters. The highest BCUT2D eigenvalue weighted by Crippen LogP contribution is 2.44. The highest BCUT2D eigenvalue weighted by atomic mass is 35.5. The monoisotopic (exact) mass is 519 g/mol. The summed E-state index contributed by atoms with van der Waals surface area (Å²) in [6.07, 6.45) is 13.7. The van der Waals surface area contributed by atoms with Gasteiger partial charge in [0.25, 0.3) is 0 Å². The number of hydrogen-bond donors (Lipinski definition) is 1. The molecule has 0 unspecified atom stereocenters. The highest BCUT2D eigenvalue weighted by molar-refractivity contribution is 6.21. The van der Waals surface area contributed by atoms with E-state index in [-0.39, 0.29) is 23.2 Å².